The van der Waals surface area contributed by atoms with Crippen molar-refractivity contribution >= 4 is 5.91 Å². The molecule has 0 aliphatic heterocycles. The summed E-state index contributed by atoms with van der Waals surface area (Å²) in [5.74, 6) is -0.260. The molecule has 116 valence electrons. The Balaban J connectivity index is 2.68. The van der Waals surface area contributed by atoms with Gasteiger partial charge in [-0.1, -0.05) is 67.6 Å². The first kappa shape index (κ1) is 16.2. The number of carbonyl (C=O) groups is 1. The molecule has 22 heavy (non-hydrogen) atoms. The van der Waals surface area contributed by atoms with Crippen molar-refractivity contribution in [3.05, 3.63) is 71.8 Å². The van der Waals surface area contributed by atoms with E-state index in [9.17, 15) is 4.79 Å². The molecule has 0 aliphatic carbocycles. The quantitative estimate of drug-likeness (QED) is 0.891. The number of nitrogens with two attached hydrogens (primary N) is 1. The number of amides is 1. The molecule has 0 saturated heterocycles. The number of primary amides is 1. The van der Waals surface area contributed by atoms with Gasteiger partial charge in [0.05, 0.1) is 0 Å². The molecule has 2 aromatic carbocycles. The van der Waals surface area contributed by atoms with Crippen LogP contribution in [0.1, 0.15) is 18.1 Å². The van der Waals surface area contributed by atoms with Gasteiger partial charge in [-0.2, -0.15) is 0 Å². The molecule has 0 heterocycles. The smallest absolute Gasteiger partial charge is 0.232 e. The molecule has 0 aromatic heterocycles. The molecule has 0 fully saturated rings. The van der Waals surface area contributed by atoms with E-state index in [-0.39, 0.29) is 11.8 Å². The van der Waals surface area contributed by atoms with Crippen LogP contribution in [-0.4, -0.2) is 31.4 Å². The summed E-state index contributed by atoms with van der Waals surface area (Å²) in [4.78, 5) is 14.7. The predicted molar refractivity (Wildman–Crippen MR) is 90.6 cm³/mol. The van der Waals surface area contributed by atoms with E-state index in [0.29, 0.717) is 0 Å². The molecule has 2 rings (SSSR count). The van der Waals surface area contributed by atoms with Crippen LogP contribution in [0, 0.1) is 5.92 Å². The molecule has 3 nitrogen and oxygen atoms in total. The van der Waals surface area contributed by atoms with E-state index < -0.39 is 5.41 Å². The van der Waals surface area contributed by atoms with Crippen LogP contribution in [0.4, 0.5) is 0 Å². The topological polar surface area (TPSA) is 46.3 Å². The van der Waals surface area contributed by atoms with Crippen molar-refractivity contribution in [3.63, 3.8) is 0 Å². The second-order valence-corrected chi connectivity index (χ2v) is 6.07. The third-order valence-electron chi connectivity index (χ3n) is 4.23. The average molecular weight is 296 g/mol. The Labute approximate surface area is 132 Å². The molecular formula is C19H24N2O. The summed E-state index contributed by atoms with van der Waals surface area (Å²) < 4.78 is 0. The molecule has 1 atom stereocenters. The van der Waals surface area contributed by atoms with Crippen molar-refractivity contribution in [2.24, 2.45) is 11.7 Å². The third kappa shape index (κ3) is 2.90. The van der Waals surface area contributed by atoms with Crippen molar-refractivity contribution in [2.75, 3.05) is 20.6 Å². The maximum absolute atomic E-state index is 12.6. The summed E-state index contributed by atoms with van der Waals surface area (Å²) in [6.07, 6.45) is 0. The monoisotopic (exact) mass is 296 g/mol. The fourth-order valence-electron chi connectivity index (χ4n) is 3.35. The summed E-state index contributed by atoms with van der Waals surface area (Å²) in [7, 11) is 4.02. The Morgan fingerprint density at radius 1 is 1.00 bits per heavy atom. The zero-order valence-corrected chi connectivity index (χ0v) is 13.5. The average Bonchev–Trinajstić information content (AvgIpc) is 2.49. The highest BCUT2D eigenvalue weighted by Crippen LogP contribution is 2.39. The van der Waals surface area contributed by atoms with Gasteiger partial charge < -0.3 is 10.6 Å². The van der Waals surface area contributed by atoms with Gasteiger partial charge in [-0.25, -0.2) is 0 Å². The zero-order valence-electron chi connectivity index (χ0n) is 13.5. The van der Waals surface area contributed by atoms with Gasteiger partial charge >= 0.3 is 0 Å². The first-order valence-electron chi connectivity index (χ1n) is 7.55. The van der Waals surface area contributed by atoms with Gasteiger partial charge in [-0.3, -0.25) is 4.79 Å². The molecule has 1 amide bonds. The van der Waals surface area contributed by atoms with E-state index in [1.54, 1.807) is 0 Å². The molecule has 2 aromatic rings. The van der Waals surface area contributed by atoms with Crippen molar-refractivity contribution in [1.82, 2.24) is 4.90 Å². The van der Waals surface area contributed by atoms with Crippen molar-refractivity contribution in [2.45, 2.75) is 12.3 Å². The second kappa shape index (κ2) is 6.75. The summed E-state index contributed by atoms with van der Waals surface area (Å²) in [6, 6.07) is 19.7. The predicted octanol–water partition coefficient (Wildman–Crippen LogP) is 2.66. The van der Waals surface area contributed by atoms with Gasteiger partial charge in [0, 0.05) is 6.54 Å². The summed E-state index contributed by atoms with van der Waals surface area (Å²) in [5, 5.41) is 0. The molecular weight excluding hydrogens is 272 g/mol. The highest BCUT2D eigenvalue weighted by Gasteiger charge is 2.45. The number of hydrogen-bond acceptors (Lipinski definition) is 2. The highest BCUT2D eigenvalue weighted by molar-refractivity contribution is 5.91. The van der Waals surface area contributed by atoms with Crippen LogP contribution in [0.2, 0.25) is 0 Å². The minimum absolute atomic E-state index is 0.0461. The first-order chi connectivity index (χ1) is 10.5. The van der Waals surface area contributed by atoms with Gasteiger partial charge in [-0.05, 0) is 31.1 Å². The zero-order chi connectivity index (χ0) is 16.2. The minimum Gasteiger partial charge on any atom is -0.369 e. The van der Waals surface area contributed by atoms with Crippen LogP contribution in [-0.2, 0) is 10.2 Å². The summed E-state index contributed by atoms with van der Waals surface area (Å²) in [5.41, 5.74) is 7.02. The van der Waals surface area contributed by atoms with Crippen molar-refractivity contribution < 1.29 is 4.79 Å². The van der Waals surface area contributed by atoms with Crippen molar-refractivity contribution in [3.8, 4) is 0 Å². The van der Waals surface area contributed by atoms with Gasteiger partial charge in [-0.15, -0.1) is 0 Å². The standard InChI is InChI=1S/C19H24N2O/c1-15(14-21(2)3)19(18(20)22,16-10-6-4-7-11-16)17-12-8-5-9-13-17/h4-13,15H,14H2,1-3H3,(H2,20,22). The third-order valence-corrected chi connectivity index (χ3v) is 4.23. The normalized spacial score (nSPS) is 13.1. The fraction of sp³-hybridized carbons (Fsp3) is 0.316. The first-order valence-corrected chi connectivity index (χ1v) is 7.55. The van der Waals surface area contributed by atoms with Crippen LogP contribution in [0.5, 0.6) is 0 Å². The maximum atomic E-state index is 12.6. The molecule has 0 bridgehead atoms. The molecule has 1 unspecified atom stereocenters. The Morgan fingerprint density at radius 3 is 1.73 bits per heavy atom. The second-order valence-electron chi connectivity index (χ2n) is 6.07. The van der Waals surface area contributed by atoms with Crippen LogP contribution in [0.25, 0.3) is 0 Å². The molecule has 3 heteroatoms. The highest BCUT2D eigenvalue weighted by atomic mass is 16.1. The number of rotatable bonds is 6. The molecule has 0 spiro atoms. The number of nitrogens with zero attached hydrogens (tertiary/aromatic N) is 1. The van der Waals surface area contributed by atoms with E-state index in [1.165, 1.54) is 0 Å². The molecule has 2 N–H and O–H groups in total. The van der Waals surface area contributed by atoms with Gasteiger partial charge in [0.15, 0.2) is 0 Å². The molecule has 0 radical (unpaired) electrons. The minimum atomic E-state index is -0.827. The maximum Gasteiger partial charge on any atom is 0.232 e. The lowest BCUT2D eigenvalue weighted by Gasteiger charge is -2.38. The van der Waals surface area contributed by atoms with Gasteiger partial charge in [0.1, 0.15) is 5.41 Å². The van der Waals surface area contributed by atoms with Crippen LogP contribution in [0.3, 0.4) is 0 Å². The number of carbonyl (C=O) groups excluding carboxylic acids is 1. The largest absolute Gasteiger partial charge is 0.369 e. The summed E-state index contributed by atoms with van der Waals surface area (Å²) in [6.45, 7) is 2.86. The van der Waals surface area contributed by atoms with Crippen LogP contribution >= 0.6 is 0 Å². The lowest BCUT2D eigenvalue weighted by Crippen LogP contribution is -2.50. The van der Waals surface area contributed by atoms with E-state index in [2.05, 4.69) is 11.8 Å². The lowest BCUT2D eigenvalue weighted by molar-refractivity contribution is -0.123. The molecule has 0 saturated carbocycles. The molecule has 0 aliphatic rings. The summed E-state index contributed by atoms with van der Waals surface area (Å²) >= 11 is 0. The van der Waals surface area contributed by atoms with Crippen LogP contribution < -0.4 is 5.73 Å². The Kier molecular flexibility index (Phi) is 4.99. The van der Waals surface area contributed by atoms with Gasteiger partial charge in [0.2, 0.25) is 5.91 Å². The van der Waals surface area contributed by atoms with E-state index >= 15 is 0 Å². The fourth-order valence-corrected chi connectivity index (χ4v) is 3.35. The van der Waals surface area contributed by atoms with E-state index in [4.69, 9.17) is 5.73 Å². The number of hydrogen-bond donors (Lipinski definition) is 1. The van der Waals surface area contributed by atoms with Gasteiger partial charge in [0.25, 0.3) is 0 Å². The number of benzene rings is 2. The Bertz CT molecular complexity index is 568. The Hall–Kier alpha value is -2.13. The lowest BCUT2D eigenvalue weighted by atomic mass is 9.65. The SMILES string of the molecule is CC(CN(C)C)C(C(N)=O)(c1ccccc1)c1ccccc1. The van der Waals surface area contributed by atoms with Crippen molar-refractivity contribution in [1.29, 1.82) is 0 Å². The Morgan fingerprint density at radius 2 is 1.41 bits per heavy atom. The van der Waals surface area contributed by atoms with E-state index in [1.807, 2.05) is 74.8 Å². The van der Waals surface area contributed by atoms with Crippen LogP contribution in [0.15, 0.2) is 60.7 Å². The van der Waals surface area contributed by atoms with E-state index in [0.717, 1.165) is 17.7 Å².